The number of hydrogen-bond donors (Lipinski definition) is 2. The zero-order valence-electron chi connectivity index (χ0n) is 11.2. The molecule has 2 rings (SSSR count). The lowest BCUT2D eigenvalue weighted by atomic mass is 10.0. The Hall–Kier alpha value is -1.26. The van der Waals surface area contributed by atoms with Gasteiger partial charge in [0.15, 0.2) is 0 Å². The first-order valence-corrected chi connectivity index (χ1v) is 7.06. The van der Waals surface area contributed by atoms with Gasteiger partial charge in [-0.3, -0.25) is 4.79 Å². The van der Waals surface area contributed by atoms with E-state index in [9.17, 15) is 4.79 Å². The topological polar surface area (TPSA) is 58.4 Å². The molecule has 5 heteroatoms. The van der Waals surface area contributed by atoms with Crippen molar-refractivity contribution in [2.75, 3.05) is 25.0 Å². The number of halogens is 1. The lowest BCUT2D eigenvalue weighted by Crippen LogP contribution is -2.38. The summed E-state index contributed by atoms with van der Waals surface area (Å²) in [4.78, 5) is 13.5. The molecule has 1 aliphatic heterocycles. The van der Waals surface area contributed by atoms with Gasteiger partial charge in [0, 0.05) is 24.8 Å². The fourth-order valence-electron chi connectivity index (χ4n) is 2.43. The van der Waals surface area contributed by atoms with E-state index in [1.54, 1.807) is 12.1 Å². The number of nitrogens with one attached hydrogen (secondary N) is 1. The number of carbonyl (C=O) groups excluding carboxylic acids is 1. The van der Waals surface area contributed by atoms with Crippen LogP contribution in [-0.2, 0) is 0 Å². The van der Waals surface area contributed by atoms with Crippen molar-refractivity contribution in [3.8, 4) is 0 Å². The molecule has 0 bridgehead atoms. The Morgan fingerprint density at radius 3 is 2.68 bits per heavy atom. The van der Waals surface area contributed by atoms with Crippen molar-refractivity contribution in [3.05, 3.63) is 28.8 Å². The molecule has 1 saturated heterocycles. The predicted octanol–water partition coefficient (Wildman–Crippen LogP) is 2.34. The molecule has 1 aromatic carbocycles. The molecule has 0 atom stereocenters. The molecule has 4 nitrogen and oxygen atoms in total. The van der Waals surface area contributed by atoms with E-state index in [4.69, 9.17) is 17.3 Å². The summed E-state index contributed by atoms with van der Waals surface area (Å²) in [5.74, 6) is -0.493. The fourth-order valence-corrected chi connectivity index (χ4v) is 2.71. The highest BCUT2D eigenvalue weighted by Gasteiger charge is 2.18. The van der Waals surface area contributed by atoms with Crippen LogP contribution in [0.25, 0.3) is 0 Å². The zero-order valence-corrected chi connectivity index (χ0v) is 11.9. The van der Waals surface area contributed by atoms with Gasteiger partial charge in [0.05, 0.1) is 10.6 Å². The third-order valence-electron chi connectivity index (χ3n) is 3.64. The maximum Gasteiger partial charge on any atom is 0.250 e. The van der Waals surface area contributed by atoms with Crippen molar-refractivity contribution in [1.82, 2.24) is 4.90 Å². The first kappa shape index (κ1) is 14.2. The third kappa shape index (κ3) is 3.61. The Morgan fingerprint density at radius 2 is 2.16 bits per heavy atom. The van der Waals surface area contributed by atoms with E-state index in [1.165, 1.54) is 0 Å². The molecule has 1 amide bonds. The molecule has 1 fully saturated rings. The summed E-state index contributed by atoms with van der Waals surface area (Å²) in [5.41, 5.74) is 6.55. The largest absolute Gasteiger partial charge is 0.382 e. The second-order valence-corrected chi connectivity index (χ2v) is 5.32. The van der Waals surface area contributed by atoms with Crippen molar-refractivity contribution in [3.63, 3.8) is 0 Å². The highest BCUT2D eigenvalue weighted by molar-refractivity contribution is 6.34. The first-order chi connectivity index (χ1) is 9.10. The second-order valence-electron chi connectivity index (χ2n) is 4.91. The maximum atomic E-state index is 11.1. The van der Waals surface area contributed by atoms with Gasteiger partial charge in [-0.1, -0.05) is 18.5 Å². The van der Waals surface area contributed by atoms with Crippen LogP contribution < -0.4 is 11.1 Å². The van der Waals surface area contributed by atoms with Gasteiger partial charge in [0.25, 0.3) is 0 Å². The Balaban J connectivity index is 1.97. The summed E-state index contributed by atoms with van der Waals surface area (Å²) >= 11 is 6.04. The molecule has 0 unspecified atom stereocenters. The number of benzene rings is 1. The number of carbonyl (C=O) groups is 1. The molecule has 0 spiro atoms. The van der Waals surface area contributed by atoms with Gasteiger partial charge in [-0.15, -0.1) is 0 Å². The predicted molar refractivity (Wildman–Crippen MR) is 78.7 cm³/mol. The lowest BCUT2D eigenvalue weighted by Gasteiger charge is -2.32. The van der Waals surface area contributed by atoms with Crippen LogP contribution in [0.1, 0.15) is 30.1 Å². The van der Waals surface area contributed by atoms with Crippen LogP contribution in [0.3, 0.4) is 0 Å². The van der Waals surface area contributed by atoms with E-state index < -0.39 is 5.91 Å². The molecule has 0 aromatic heterocycles. The number of hydrogen-bond acceptors (Lipinski definition) is 3. The molecule has 0 saturated carbocycles. The Morgan fingerprint density at radius 1 is 1.47 bits per heavy atom. The first-order valence-electron chi connectivity index (χ1n) is 6.68. The van der Waals surface area contributed by atoms with Crippen molar-refractivity contribution in [1.29, 1.82) is 0 Å². The lowest BCUT2D eigenvalue weighted by molar-refractivity contribution is 0.100. The summed E-state index contributed by atoms with van der Waals surface area (Å²) < 4.78 is 0. The van der Waals surface area contributed by atoms with Crippen molar-refractivity contribution in [2.24, 2.45) is 5.73 Å². The number of primary amides is 1. The Labute approximate surface area is 118 Å². The van der Waals surface area contributed by atoms with Gasteiger partial charge in [-0.25, -0.2) is 0 Å². The normalized spacial score (nSPS) is 17.4. The Bertz CT molecular complexity index is 456. The number of nitrogens with two attached hydrogens (primary N) is 1. The average Bonchev–Trinajstić information content (AvgIpc) is 2.39. The van der Waals surface area contributed by atoms with Crippen molar-refractivity contribution < 1.29 is 4.79 Å². The minimum absolute atomic E-state index is 0.369. The molecule has 19 heavy (non-hydrogen) atoms. The van der Waals surface area contributed by atoms with Crippen LogP contribution >= 0.6 is 11.6 Å². The molecule has 0 aliphatic carbocycles. The molecule has 3 N–H and O–H groups in total. The van der Waals surface area contributed by atoms with Crippen LogP contribution in [-0.4, -0.2) is 36.5 Å². The maximum absolute atomic E-state index is 11.1. The average molecular weight is 282 g/mol. The van der Waals surface area contributed by atoms with Crippen LogP contribution in [0, 0.1) is 0 Å². The number of amides is 1. The van der Waals surface area contributed by atoms with E-state index in [1.807, 2.05) is 6.07 Å². The van der Waals surface area contributed by atoms with Crippen LogP contribution in [0.5, 0.6) is 0 Å². The van der Waals surface area contributed by atoms with Gasteiger partial charge < -0.3 is 16.0 Å². The second kappa shape index (κ2) is 6.26. The highest BCUT2D eigenvalue weighted by Crippen LogP contribution is 2.23. The van der Waals surface area contributed by atoms with Gasteiger partial charge in [-0.2, -0.15) is 0 Å². The smallest absolute Gasteiger partial charge is 0.250 e. The molecular weight excluding hydrogens is 262 g/mol. The SMILES string of the molecule is CCN1CCC(Nc2ccc(C(N)=O)c(Cl)c2)CC1. The van der Waals surface area contributed by atoms with Crippen LogP contribution in [0.2, 0.25) is 5.02 Å². The van der Waals surface area contributed by atoms with Crippen molar-refractivity contribution >= 4 is 23.2 Å². The summed E-state index contributed by atoms with van der Waals surface area (Å²) in [6, 6.07) is 5.78. The minimum Gasteiger partial charge on any atom is -0.382 e. The number of anilines is 1. The van der Waals surface area contributed by atoms with Crippen LogP contribution in [0.15, 0.2) is 18.2 Å². The molecule has 0 radical (unpaired) electrons. The summed E-state index contributed by atoms with van der Waals surface area (Å²) in [5, 5.41) is 3.88. The van der Waals surface area contributed by atoms with Crippen LogP contribution in [0.4, 0.5) is 5.69 Å². The highest BCUT2D eigenvalue weighted by atomic mass is 35.5. The standard InChI is InChI=1S/C14H20ClN3O/c1-2-18-7-5-10(6-8-18)17-11-3-4-12(14(16)19)13(15)9-11/h3-4,9-10,17H,2,5-8H2,1H3,(H2,16,19). The number of rotatable bonds is 4. The quantitative estimate of drug-likeness (QED) is 0.891. The molecule has 1 aromatic rings. The van der Waals surface area contributed by atoms with E-state index in [0.29, 0.717) is 16.6 Å². The minimum atomic E-state index is -0.493. The van der Waals surface area contributed by atoms with Gasteiger partial charge in [-0.05, 0) is 37.6 Å². The Kier molecular flexibility index (Phi) is 4.66. The zero-order chi connectivity index (χ0) is 13.8. The molecule has 104 valence electrons. The van der Waals surface area contributed by atoms with Gasteiger partial charge in [0.2, 0.25) is 5.91 Å². The third-order valence-corrected chi connectivity index (χ3v) is 3.95. The van der Waals surface area contributed by atoms with E-state index in [-0.39, 0.29) is 0 Å². The van der Waals surface area contributed by atoms with E-state index in [0.717, 1.165) is 38.2 Å². The summed E-state index contributed by atoms with van der Waals surface area (Å²) in [6.07, 6.45) is 2.26. The van der Waals surface area contributed by atoms with Gasteiger partial charge >= 0.3 is 0 Å². The number of nitrogens with zero attached hydrogens (tertiary/aromatic N) is 1. The van der Waals surface area contributed by atoms with E-state index in [2.05, 4.69) is 17.1 Å². The monoisotopic (exact) mass is 281 g/mol. The molecule has 1 heterocycles. The number of piperidine rings is 1. The number of likely N-dealkylation sites (tertiary alicyclic amines) is 1. The van der Waals surface area contributed by atoms with E-state index >= 15 is 0 Å². The van der Waals surface area contributed by atoms with Gasteiger partial charge in [0.1, 0.15) is 0 Å². The van der Waals surface area contributed by atoms with Crippen molar-refractivity contribution in [2.45, 2.75) is 25.8 Å². The fraction of sp³-hybridized carbons (Fsp3) is 0.500. The molecular formula is C14H20ClN3O. The summed E-state index contributed by atoms with van der Waals surface area (Å²) in [7, 11) is 0. The molecule has 1 aliphatic rings. The summed E-state index contributed by atoms with van der Waals surface area (Å²) in [6.45, 7) is 5.56.